The minimum atomic E-state index is -3.24. The van der Waals surface area contributed by atoms with E-state index in [1.165, 1.54) is 31.7 Å². The third-order valence-electron chi connectivity index (χ3n) is 8.66. The fraction of sp³-hybridized carbons (Fsp3) is 0.778. The highest BCUT2D eigenvalue weighted by atomic mass is 19.3. The van der Waals surface area contributed by atoms with Gasteiger partial charge in [0.1, 0.15) is 11.6 Å². The smallest absolute Gasteiger partial charge is 0.400 e. The van der Waals surface area contributed by atoms with Gasteiger partial charge in [0.2, 0.25) is 0 Å². The standard InChI is InChI=1S/C27H39F3O/c1-18-3-7-20(8-4-18)21-11-13-23(14-12-21)27(29,30)31-24-15-16-25(26(28)17-24)22-9-5-19(2)6-10-22/h15-23H,3-14H2,1-2H3. The first kappa shape index (κ1) is 23.0. The number of alkyl halides is 2. The molecule has 0 aliphatic heterocycles. The van der Waals surface area contributed by atoms with Gasteiger partial charge in [-0.1, -0.05) is 45.6 Å². The Labute approximate surface area is 186 Å². The average Bonchev–Trinajstić information content (AvgIpc) is 2.75. The molecule has 0 bridgehead atoms. The van der Waals surface area contributed by atoms with Crippen molar-refractivity contribution < 1.29 is 17.9 Å². The first-order valence-corrected chi connectivity index (χ1v) is 12.7. The van der Waals surface area contributed by atoms with Gasteiger partial charge < -0.3 is 4.74 Å². The molecule has 0 aromatic heterocycles. The summed E-state index contributed by atoms with van der Waals surface area (Å²) in [6, 6.07) is 4.39. The zero-order valence-corrected chi connectivity index (χ0v) is 19.2. The molecule has 1 aromatic rings. The summed E-state index contributed by atoms with van der Waals surface area (Å²) in [6.07, 6.45) is 8.74. The Bertz CT molecular complexity index is 709. The molecule has 3 aliphatic carbocycles. The van der Waals surface area contributed by atoms with E-state index in [9.17, 15) is 13.2 Å². The van der Waals surface area contributed by atoms with E-state index in [0.717, 1.165) is 50.4 Å². The maximum Gasteiger partial charge on any atom is 0.400 e. The molecular formula is C27H39F3O. The number of hydrogen-bond donors (Lipinski definition) is 0. The lowest BCUT2D eigenvalue weighted by Crippen LogP contribution is -2.38. The SMILES string of the molecule is CC1CCC(c2ccc(OC(F)(F)C3CCC(C4CCC(C)CC4)CC3)cc2F)CC1. The van der Waals surface area contributed by atoms with Crippen LogP contribution in [0, 0.1) is 35.4 Å². The number of benzene rings is 1. The molecule has 0 atom stereocenters. The molecule has 1 nitrogen and oxygen atoms in total. The van der Waals surface area contributed by atoms with Crippen molar-refractivity contribution in [2.75, 3.05) is 0 Å². The van der Waals surface area contributed by atoms with Crippen LogP contribution < -0.4 is 4.74 Å². The number of halogens is 3. The Morgan fingerprint density at radius 1 is 0.742 bits per heavy atom. The van der Waals surface area contributed by atoms with Crippen LogP contribution >= 0.6 is 0 Å². The zero-order chi connectivity index (χ0) is 22.0. The van der Waals surface area contributed by atoms with Gasteiger partial charge in [-0.15, -0.1) is 0 Å². The lowest BCUT2D eigenvalue weighted by Gasteiger charge is -2.38. The summed E-state index contributed by atoms with van der Waals surface area (Å²) >= 11 is 0. The molecule has 3 aliphatic rings. The molecule has 0 N–H and O–H groups in total. The van der Waals surface area contributed by atoms with Crippen LogP contribution in [0.25, 0.3) is 0 Å². The van der Waals surface area contributed by atoms with Gasteiger partial charge in [0.25, 0.3) is 0 Å². The summed E-state index contributed by atoms with van der Waals surface area (Å²) in [5.74, 6) is 1.81. The Kier molecular flexibility index (Phi) is 7.23. The quantitative estimate of drug-likeness (QED) is 0.448. The highest BCUT2D eigenvalue weighted by Crippen LogP contribution is 2.46. The third-order valence-corrected chi connectivity index (χ3v) is 8.66. The average molecular weight is 437 g/mol. The molecule has 3 fully saturated rings. The van der Waals surface area contributed by atoms with Gasteiger partial charge in [0.15, 0.2) is 0 Å². The predicted octanol–water partition coefficient (Wildman–Crippen LogP) is 8.72. The van der Waals surface area contributed by atoms with E-state index in [-0.39, 0.29) is 11.7 Å². The van der Waals surface area contributed by atoms with Crippen molar-refractivity contribution in [1.29, 1.82) is 0 Å². The molecule has 4 rings (SSSR count). The van der Waals surface area contributed by atoms with E-state index in [1.54, 1.807) is 12.1 Å². The summed E-state index contributed by atoms with van der Waals surface area (Å²) in [7, 11) is 0. The van der Waals surface area contributed by atoms with Crippen molar-refractivity contribution in [2.45, 2.75) is 103 Å². The topological polar surface area (TPSA) is 9.23 Å². The summed E-state index contributed by atoms with van der Waals surface area (Å²) in [5.41, 5.74) is 0.657. The van der Waals surface area contributed by atoms with Crippen LogP contribution in [-0.4, -0.2) is 6.11 Å². The molecule has 0 spiro atoms. The molecular weight excluding hydrogens is 397 g/mol. The normalized spacial score (nSPS) is 35.0. The van der Waals surface area contributed by atoms with E-state index in [2.05, 4.69) is 13.8 Å². The van der Waals surface area contributed by atoms with Gasteiger partial charge in [0.05, 0.1) is 5.92 Å². The van der Waals surface area contributed by atoms with Crippen molar-refractivity contribution in [3.05, 3.63) is 29.6 Å². The van der Waals surface area contributed by atoms with E-state index in [1.807, 2.05) is 0 Å². The largest absolute Gasteiger partial charge is 0.432 e. The Balaban J connectivity index is 1.32. The van der Waals surface area contributed by atoms with Crippen LogP contribution in [0.15, 0.2) is 18.2 Å². The zero-order valence-electron chi connectivity index (χ0n) is 19.2. The van der Waals surface area contributed by atoms with E-state index >= 15 is 0 Å². The predicted molar refractivity (Wildman–Crippen MR) is 119 cm³/mol. The molecule has 0 unspecified atom stereocenters. The molecule has 0 amide bonds. The van der Waals surface area contributed by atoms with Gasteiger partial charge in [-0.2, -0.15) is 8.78 Å². The van der Waals surface area contributed by atoms with Crippen LogP contribution in [0.4, 0.5) is 13.2 Å². The second-order valence-corrected chi connectivity index (χ2v) is 10.9. The number of rotatable bonds is 5. The van der Waals surface area contributed by atoms with Crippen molar-refractivity contribution in [3.8, 4) is 5.75 Å². The van der Waals surface area contributed by atoms with Gasteiger partial charge in [0, 0.05) is 6.07 Å². The van der Waals surface area contributed by atoms with Crippen LogP contribution in [0.5, 0.6) is 5.75 Å². The Hall–Kier alpha value is -1.19. The second-order valence-electron chi connectivity index (χ2n) is 10.9. The fourth-order valence-corrected chi connectivity index (χ4v) is 6.40. The third kappa shape index (κ3) is 5.60. The van der Waals surface area contributed by atoms with Crippen LogP contribution in [0.1, 0.15) is 102 Å². The highest BCUT2D eigenvalue weighted by Gasteiger charge is 2.45. The Morgan fingerprint density at radius 3 is 1.81 bits per heavy atom. The summed E-state index contributed by atoms with van der Waals surface area (Å²) in [5, 5.41) is 0. The highest BCUT2D eigenvalue weighted by molar-refractivity contribution is 5.31. The van der Waals surface area contributed by atoms with Gasteiger partial charge in [-0.05, 0) is 92.6 Å². The lowest BCUT2D eigenvalue weighted by atomic mass is 9.69. The maximum absolute atomic E-state index is 14.9. The molecule has 0 heterocycles. The molecule has 174 valence electrons. The monoisotopic (exact) mass is 436 g/mol. The fourth-order valence-electron chi connectivity index (χ4n) is 6.40. The van der Waals surface area contributed by atoms with Crippen molar-refractivity contribution >= 4 is 0 Å². The summed E-state index contributed by atoms with van der Waals surface area (Å²) in [6.45, 7) is 4.55. The van der Waals surface area contributed by atoms with Crippen LogP contribution in [-0.2, 0) is 0 Å². The van der Waals surface area contributed by atoms with Crippen molar-refractivity contribution in [1.82, 2.24) is 0 Å². The molecule has 0 radical (unpaired) electrons. The van der Waals surface area contributed by atoms with Gasteiger partial charge >= 0.3 is 6.11 Å². The molecule has 4 heteroatoms. The molecule has 1 aromatic carbocycles. The van der Waals surface area contributed by atoms with Crippen LogP contribution in [0.2, 0.25) is 0 Å². The first-order chi connectivity index (χ1) is 14.8. The van der Waals surface area contributed by atoms with E-state index < -0.39 is 17.8 Å². The second kappa shape index (κ2) is 9.75. The number of hydrogen-bond acceptors (Lipinski definition) is 1. The maximum atomic E-state index is 14.9. The Morgan fingerprint density at radius 2 is 1.26 bits per heavy atom. The van der Waals surface area contributed by atoms with E-state index in [4.69, 9.17) is 4.74 Å². The van der Waals surface area contributed by atoms with Crippen LogP contribution in [0.3, 0.4) is 0 Å². The number of ether oxygens (including phenoxy) is 1. The van der Waals surface area contributed by atoms with Gasteiger partial charge in [-0.25, -0.2) is 4.39 Å². The molecule has 3 saturated carbocycles. The molecule has 31 heavy (non-hydrogen) atoms. The first-order valence-electron chi connectivity index (χ1n) is 12.7. The van der Waals surface area contributed by atoms with Crippen molar-refractivity contribution in [3.63, 3.8) is 0 Å². The summed E-state index contributed by atoms with van der Waals surface area (Å²) < 4.78 is 49.6. The molecule has 0 saturated heterocycles. The summed E-state index contributed by atoms with van der Waals surface area (Å²) in [4.78, 5) is 0. The minimum absolute atomic E-state index is 0.0428. The van der Waals surface area contributed by atoms with Crippen molar-refractivity contribution in [2.24, 2.45) is 29.6 Å². The lowest BCUT2D eigenvalue weighted by molar-refractivity contribution is -0.224. The minimum Gasteiger partial charge on any atom is -0.432 e. The van der Waals surface area contributed by atoms with Gasteiger partial charge in [-0.3, -0.25) is 0 Å². The van der Waals surface area contributed by atoms with E-state index in [0.29, 0.717) is 30.2 Å².